The van der Waals surface area contributed by atoms with Gasteiger partial charge >= 0.3 is 6.18 Å². The van der Waals surface area contributed by atoms with Gasteiger partial charge in [-0.2, -0.15) is 18.3 Å². The van der Waals surface area contributed by atoms with E-state index in [1.165, 1.54) is 6.92 Å². The Morgan fingerprint density at radius 3 is 2.29 bits per heavy atom. The maximum atomic E-state index is 12.6. The highest BCUT2D eigenvalue weighted by molar-refractivity contribution is 7.89. The highest BCUT2D eigenvalue weighted by atomic mass is 32.2. The summed E-state index contributed by atoms with van der Waals surface area (Å²) >= 11 is -1.71. The number of alkyl halides is 3. The van der Waals surface area contributed by atoms with Crippen molar-refractivity contribution in [3.05, 3.63) is 0 Å². The monoisotopic (exact) mass is 231 g/mol. The van der Waals surface area contributed by atoms with Crippen molar-refractivity contribution >= 4 is 11.4 Å². The summed E-state index contributed by atoms with van der Waals surface area (Å²) in [5, 5.41) is 4.36. The summed E-state index contributed by atoms with van der Waals surface area (Å²) in [7, 11) is 0. The minimum atomic E-state index is -4.31. The van der Waals surface area contributed by atoms with Crippen LogP contribution in [0.25, 0.3) is 0 Å². The van der Waals surface area contributed by atoms with Gasteiger partial charge in [0.25, 0.3) is 0 Å². The summed E-state index contributed by atoms with van der Waals surface area (Å²) in [5.41, 5.74) is -1.83. The predicted molar refractivity (Wildman–Crippen MR) is 45.7 cm³/mol. The Labute approximate surface area is 83.1 Å². The molecule has 0 aliphatic carbocycles. The molecule has 0 amide bonds. The molecule has 1 aliphatic heterocycles. The molecule has 2 unspecified atom stereocenters. The molecule has 0 bridgehead atoms. The summed E-state index contributed by atoms with van der Waals surface area (Å²) in [4.78, 5) is 0. The third kappa shape index (κ3) is 2.16. The zero-order valence-electron chi connectivity index (χ0n) is 7.63. The highest BCUT2D eigenvalue weighted by Crippen LogP contribution is 2.47. The minimum absolute atomic E-state index is 0.236. The molecule has 0 spiro atoms. The van der Waals surface area contributed by atoms with Crippen molar-refractivity contribution in [3.8, 4) is 0 Å². The van der Waals surface area contributed by atoms with Gasteiger partial charge in [0.05, 0.1) is 13.2 Å². The molecule has 14 heavy (non-hydrogen) atoms. The van der Waals surface area contributed by atoms with Gasteiger partial charge in [0, 0.05) is 17.8 Å². The van der Waals surface area contributed by atoms with E-state index in [1.54, 1.807) is 0 Å². The largest absolute Gasteiger partial charge is 0.598 e. The van der Waals surface area contributed by atoms with Crippen LogP contribution >= 0.6 is 0 Å². The van der Waals surface area contributed by atoms with Crippen LogP contribution in [0, 0.1) is 5.41 Å². The molecule has 1 rings (SSSR count). The van der Waals surface area contributed by atoms with Crippen molar-refractivity contribution in [1.82, 2.24) is 0 Å². The molecule has 0 saturated carbocycles. The van der Waals surface area contributed by atoms with Crippen molar-refractivity contribution in [2.24, 2.45) is 10.6 Å². The molecule has 1 saturated heterocycles. The van der Waals surface area contributed by atoms with Crippen LogP contribution in [0.3, 0.4) is 0 Å². The van der Waals surface area contributed by atoms with Gasteiger partial charge in [0.2, 0.25) is 0 Å². The summed E-state index contributed by atoms with van der Waals surface area (Å²) < 4.78 is 53.0. The van der Waals surface area contributed by atoms with Crippen molar-refractivity contribution in [1.29, 1.82) is 0 Å². The average Bonchev–Trinajstić information content (AvgIpc) is 1.93. The zero-order chi connectivity index (χ0) is 11.0. The first kappa shape index (κ1) is 12.1. The lowest BCUT2D eigenvalue weighted by Crippen LogP contribution is -2.55. The van der Waals surface area contributed by atoms with Crippen LogP contribution in [-0.2, 0) is 16.1 Å². The van der Waals surface area contributed by atoms with Crippen LogP contribution in [0.1, 0.15) is 13.3 Å². The van der Waals surface area contributed by atoms with Crippen LogP contribution in [-0.4, -0.2) is 29.2 Å². The molecular formula is C7H12F3NO2S. The molecule has 0 aromatic carbocycles. The average molecular weight is 231 g/mol. The second-order valence-electron chi connectivity index (χ2n) is 3.61. The Hall–Kier alpha value is 0.0200. The first-order valence-electron chi connectivity index (χ1n) is 4.08. The lowest BCUT2D eigenvalue weighted by Gasteiger charge is -2.43. The van der Waals surface area contributed by atoms with Crippen molar-refractivity contribution in [3.63, 3.8) is 0 Å². The quantitative estimate of drug-likeness (QED) is 0.736. The van der Waals surface area contributed by atoms with E-state index in [1.807, 2.05) is 0 Å². The van der Waals surface area contributed by atoms with Gasteiger partial charge in [-0.05, 0) is 6.92 Å². The molecule has 0 radical (unpaired) electrons. The predicted octanol–water partition coefficient (Wildman–Crippen LogP) is 0.966. The third-order valence-corrected chi connectivity index (χ3v) is 3.39. The second kappa shape index (κ2) is 3.88. The van der Waals surface area contributed by atoms with Gasteiger partial charge in [-0.15, -0.1) is 0 Å². The van der Waals surface area contributed by atoms with Crippen LogP contribution < -0.4 is 5.14 Å². The molecule has 84 valence electrons. The number of halogens is 3. The maximum absolute atomic E-state index is 12.6. The van der Waals surface area contributed by atoms with E-state index >= 15 is 0 Å². The molecular weight excluding hydrogens is 219 g/mol. The van der Waals surface area contributed by atoms with Crippen molar-refractivity contribution in [2.45, 2.75) is 24.8 Å². The zero-order valence-corrected chi connectivity index (χ0v) is 8.45. The first-order chi connectivity index (χ1) is 6.28. The van der Waals surface area contributed by atoms with E-state index in [2.05, 4.69) is 4.74 Å². The number of nitrogens with two attached hydrogens (primary N) is 1. The van der Waals surface area contributed by atoms with Gasteiger partial charge in [-0.3, -0.25) is 0 Å². The van der Waals surface area contributed by atoms with E-state index in [9.17, 15) is 17.7 Å². The molecule has 0 aromatic heterocycles. The number of hydrogen-bond acceptors (Lipinski definition) is 3. The lowest BCUT2D eigenvalue weighted by molar-refractivity contribution is -0.305. The van der Waals surface area contributed by atoms with Crippen LogP contribution in [0.15, 0.2) is 0 Å². The molecule has 2 atom stereocenters. The van der Waals surface area contributed by atoms with E-state index < -0.39 is 28.2 Å². The van der Waals surface area contributed by atoms with Gasteiger partial charge in [-0.1, -0.05) is 0 Å². The number of hydrogen-bond donors (Lipinski definition) is 1. The number of ether oxygens (including phenoxy) is 1. The van der Waals surface area contributed by atoms with Gasteiger partial charge in [-0.25, -0.2) is 0 Å². The smallest absolute Gasteiger partial charge is 0.399 e. The van der Waals surface area contributed by atoms with Gasteiger partial charge in [0.1, 0.15) is 10.7 Å². The fourth-order valence-corrected chi connectivity index (χ4v) is 1.86. The molecule has 1 fully saturated rings. The summed E-state index contributed by atoms with van der Waals surface area (Å²) in [5.74, 6) is 0. The summed E-state index contributed by atoms with van der Waals surface area (Å²) in [6.45, 7) is 0.748. The molecule has 1 aliphatic rings. The van der Waals surface area contributed by atoms with E-state index in [4.69, 9.17) is 5.14 Å². The van der Waals surface area contributed by atoms with Crippen molar-refractivity contribution < 1.29 is 22.5 Å². The van der Waals surface area contributed by atoms with E-state index in [-0.39, 0.29) is 19.6 Å². The topological polar surface area (TPSA) is 58.3 Å². The second-order valence-corrected chi connectivity index (χ2v) is 5.08. The fourth-order valence-electron chi connectivity index (χ4n) is 1.38. The molecule has 2 N–H and O–H groups in total. The Morgan fingerprint density at radius 1 is 1.57 bits per heavy atom. The van der Waals surface area contributed by atoms with Gasteiger partial charge in [0.15, 0.2) is 0 Å². The lowest BCUT2D eigenvalue weighted by atomic mass is 9.80. The third-order valence-electron chi connectivity index (χ3n) is 2.43. The molecule has 0 aromatic rings. The standard InChI is InChI=1S/C7H12F3NO2S/c1-5(14(11)12)2-6(3-13-4-6)7(8,9)10/h5H,2-4,11H2,1H3. The van der Waals surface area contributed by atoms with E-state index in [0.717, 1.165) is 0 Å². The SMILES string of the molecule is CC(CC1(C(F)(F)F)COC1)[S+](N)[O-]. The Balaban J connectivity index is 2.63. The Bertz CT molecular complexity index is 206. The summed E-state index contributed by atoms with van der Waals surface area (Å²) in [6, 6.07) is 0. The Kier molecular flexibility index (Phi) is 3.35. The maximum Gasteiger partial charge on any atom is 0.399 e. The van der Waals surface area contributed by atoms with E-state index in [0.29, 0.717) is 0 Å². The van der Waals surface area contributed by atoms with Crippen LogP contribution in [0.4, 0.5) is 13.2 Å². The fraction of sp³-hybridized carbons (Fsp3) is 1.00. The van der Waals surface area contributed by atoms with Crippen LogP contribution in [0.5, 0.6) is 0 Å². The van der Waals surface area contributed by atoms with Gasteiger partial charge < -0.3 is 9.29 Å². The first-order valence-corrected chi connectivity index (χ1v) is 5.35. The Morgan fingerprint density at radius 2 is 2.07 bits per heavy atom. The van der Waals surface area contributed by atoms with Crippen molar-refractivity contribution in [2.75, 3.05) is 13.2 Å². The minimum Gasteiger partial charge on any atom is -0.598 e. The molecule has 7 heteroatoms. The normalized spacial score (nSPS) is 25.3. The molecule has 3 nitrogen and oxygen atoms in total. The number of rotatable bonds is 3. The highest BCUT2D eigenvalue weighted by Gasteiger charge is 2.61. The summed E-state index contributed by atoms with van der Waals surface area (Å²) in [6.07, 6.45) is -4.54. The van der Waals surface area contributed by atoms with Crippen LogP contribution in [0.2, 0.25) is 0 Å². The molecule has 1 heterocycles.